The first kappa shape index (κ1) is 19.1. The maximum Gasteiger partial charge on any atom is 0.225 e. The van der Waals surface area contributed by atoms with Crippen LogP contribution >= 0.6 is 0 Å². The molecule has 0 N–H and O–H groups in total. The molecule has 4 rings (SSSR count). The first-order valence-corrected chi connectivity index (χ1v) is 10.3. The number of nitrogens with zero attached hydrogens (tertiary/aromatic N) is 2. The number of benzene rings is 1. The molecule has 5 heteroatoms. The van der Waals surface area contributed by atoms with Crippen molar-refractivity contribution in [3.8, 4) is 0 Å². The topological polar surface area (TPSA) is 42.4 Å². The number of rotatable bonds is 5. The fraction of sp³-hybridized carbons (Fsp3) is 0.478. The monoisotopic (exact) mass is 382 g/mol. The Morgan fingerprint density at radius 1 is 1.07 bits per heavy atom. The molecule has 0 spiro atoms. The molecule has 28 heavy (non-hydrogen) atoms. The summed E-state index contributed by atoms with van der Waals surface area (Å²) in [5.74, 6) is 0.428. The summed E-state index contributed by atoms with van der Waals surface area (Å²) in [4.78, 5) is 19.1. The van der Waals surface area contributed by atoms with E-state index >= 15 is 0 Å². The van der Waals surface area contributed by atoms with E-state index in [2.05, 4.69) is 17.1 Å². The molecule has 0 radical (unpaired) electrons. The van der Waals surface area contributed by atoms with Gasteiger partial charge in [0.05, 0.1) is 12.5 Å². The molecule has 1 aromatic heterocycles. The van der Waals surface area contributed by atoms with Crippen molar-refractivity contribution < 1.29 is 13.9 Å². The van der Waals surface area contributed by atoms with Gasteiger partial charge in [0.25, 0.3) is 0 Å². The smallest absolute Gasteiger partial charge is 0.225 e. The third-order valence-electron chi connectivity index (χ3n) is 5.86. The molecule has 4 nitrogen and oxygen atoms in total. The van der Waals surface area contributed by atoms with Crippen LogP contribution in [-0.4, -0.2) is 41.6 Å². The van der Waals surface area contributed by atoms with Crippen LogP contribution in [0.4, 0.5) is 4.39 Å². The minimum atomic E-state index is -0.210. The van der Waals surface area contributed by atoms with Crippen molar-refractivity contribution in [2.75, 3.05) is 19.7 Å². The van der Waals surface area contributed by atoms with E-state index in [1.54, 1.807) is 0 Å². The summed E-state index contributed by atoms with van der Waals surface area (Å²) in [7, 11) is 0. The number of carbonyl (C=O) groups is 1. The number of hydrogen-bond acceptors (Lipinski definition) is 3. The average molecular weight is 382 g/mol. The van der Waals surface area contributed by atoms with Crippen molar-refractivity contribution >= 4 is 5.91 Å². The van der Waals surface area contributed by atoms with Crippen LogP contribution in [0.3, 0.4) is 0 Å². The van der Waals surface area contributed by atoms with E-state index in [1.807, 2.05) is 23.2 Å². The van der Waals surface area contributed by atoms with Crippen LogP contribution in [0.25, 0.3) is 0 Å². The third-order valence-corrected chi connectivity index (χ3v) is 5.86. The number of carbonyl (C=O) groups excluding carboxylic acids is 1. The van der Waals surface area contributed by atoms with Gasteiger partial charge in [-0.3, -0.25) is 9.78 Å². The zero-order valence-electron chi connectivity index (χ0n) is 16.1. The highest BCUT2D eigenvalue weighted by Gasteiger charge is 2.27. The summed E-state index contributed by atoms with van der Waals surface area (Å²) >= 11 is 0. The Labute approximate surface area is 165 Å². The number of amides is 1. The van der Waals surface area contributed by atoms with Crippen LogP contribution in [-0.2, 0) is 16.0 Å². The van der Waals surface area contributed by atoms with Gasteiger partial charge in [-0.25, -0.2) is 4.39 Å². The Kier molecular flexibility index (Phi) is 6.01. The quantitative estimate of drug-likeness (QED) is 0.782. The van der Waals surface area contributed by atoms with Gasteiger partial charge in [0.1, 0.15) is 5.82 Å². The van der Waals surface area contributed by atoms with E-state index < -0.39 is 0 Å². The van der Waals surface area contributed by atoms with Gasteiger partial charge in [-0.2, -0.15) is 0 Å². The summed E-state index contributed by atoms with van der Waals surface area (Å²) in [5.41, 5.74) is 3.31. The number of halogens is 1. The average Bonchev–Trinajstić information content (AvgIpc) is 3.23. The van der Waals surface area contributed by atoms with Crippen LogP contribution in [0.2, 0.25) is 0 Å². The first-order valence-electron chi connectivity index (χ1n) is 10.3. The Bertz CT molecular complexity index is 777. The highest BCUT2D eigenvalue weighted by atomic mass is 19.1. The summed E-state index contributed by atoms with van der Waals surface area (Å²) in [6.45, 7) is 2.40. The van der Waals surface area contributed by atoms with Crippen molar-refractivity contribution in [2.24, 2.45) is 0 Å². The number of ether oxygens (including phenoxy) is 1. The van der Waals surface area contributed by atoms with Crippen molar-refractivity contribution in [1.29, 1.82) is 0 Å². The van der Waals surface area contributed by atoms with E-state index in [-0.39, 0.29) is 17.8 Å². The molecule has 3 heterocycles. The maximum absolute atomic E-state index is 13.0. The Balaban J connectivity index is 1.28. The Hall–Kier alpha value is -2.27. The summed E-state index contributed by atoms with van der Waals surface area (Å²) in [6.07, 6.45) is 7.33. The maximum atomic E-state index is 13.0. The van der Waals surface area contributed by atoms with E-state index in [0.717, 1.165) is 68.6 Å². The van der Waals surface area contributed by atoms with E-state index in [4.69, 9.17) is 4.74 Å². The third kappa shape index (κ3) is 4.76. The lowest BCUT2D eigenvalue weighted by Gasteiger charge is -2.32. The van der Waals surface area contributed by atoms with E-state index in [0.29, 0.717) is 12.3 Å². The predicted molar refractivity (Wildman–Crippen MR) is 106 cm³/mol. The molecule has 0 aliphatic carbocycles. The molecule has 1 aromatic carbocycles. The standard InChI is InChI=1S/C23H27FN2O2/c24-20-6-3-17(4-7-20)14-18-5-8-22(25-16-18)19-9-11-26(12-10-19)23(27)15-21-2-1-13-28-21/h3-8,16,19,21H,1-2,9-15H2. The van der Waals surface area contributed by atoms with Crippen LogP contribution in [0.15, 0.2) is 42.6 Å². The highest BCUT2D eigenvalue weighted by molar-refractivity contribution is 5.76. The van der Waals surface area contributed by atoms with Crippen LogP contribution in [0.1, 0.15) is 54.8 Å². The van der Waals surface area contributed by atoms with Gasteiger partial charge >= 0.3 is 0 Å². The number of likely N-dealkylation sites (tertiary alicyclic amines) is 1. The van der Waals surface area contributed by atoms with Gasteiger partial charge < -0.3 is 9.64 Å². The SMILES string of the molecule is O=C(CC1CCCO1)N1CCC(c2ccc(Cc3ccc(F)cc3)cn2)CC1. The molecule has 2 fully saturated rings. The number of pyridine rings is 1. The normalized spacial score (nSPS) is 20.5. The zero-order chi connectivity index (χ0) is 19.3. The van der Waals surface area contributed by atoms with Gasteiger partial charge in [0.15, 0.2) is 0 Å². The van der Waals surface area contributed by atoms with Crippen molar-refractivity contribution in [3.63, 3.8) is 0 Å². The van der Waals surface area contributed by atoms with Crippen LogP contribution < -0.4 is 0 Å². The second kappa shape index (κ2) is 8.82. The van der Waals surface area contributed by atoms with Gasteiger partial charge in [-0.05, 0) is 61.4 Å². The lowest BCUT2D eigenvalue weighted by Crippen LogP contribution is -2.39. The molecule has 148 valence electrons. The molecule has 1 amide bonds. The number of aromatic nitrogens is 1. The molecule has 2 aliphatic rings. The Morgan fingerprint density at radius 2 is 1.82 bits per heavy atom. The fourth-order valence-corrected chi connectivity index (χ4v) is 4.17. The largest absolute Gasteiger partial charge is 0.378 e. The molecule has 1 atom stereocenters. The van der Waals surface area contributed by atoms with Crippen molar-refractivity contribution in [1.82, 2.24) is 9.88 Å². The highest BCUT2D eigenvalue weighted by Crippen LogP contribution is 2.28. The zero-order valence-corrected chi connectivity index (χ0v) is 16.1. The molecular weight excluding hydrogens is 355 g/mol. The van der Waals surface area contributed by atoms with Gasteiger partial charge in [0.2, 0.25) is 5.91 Å². The molecule has 0 bridgehead atoms. The molecular formula is C23H27FN2O2. The second-order valence-corrected chi connectivity index (χ2v) is 7.89. The summed E-state index contributed by atoms with van der Waals surface area (Å²) < 4.78 is 18.6. The van der Waals surface area contributed by atoms with Crippen molar-refractivity contribution in [3.05, 3.63) is 65.2 Å². The van der Waals surface area contributed by atoms with Crippen LogP contribution in [0.5, 0.6) is 0 Å². The minimum absolute atomic E-state index is 0.126. The summed E-state index contributed by atoms with van der Waals surface area (Å²) in [5, 5.41) is 0. The minimum Gasteiger partial charge on any atom is -0.378 e. The molecule has 2 saturated heterocycles. The van der Waals surface area contributed by atoms with Crippen molar-refractivity contribution in [2.45, 2.75) is 50.5 Å². The van der Waals surface area contributed by atoms with E-state index in [1.165, 1.54) is 12.1 Å². The van der Waals surface area contributed by atoms with Crippen LogP contribution in [0, 0.1) is 5.82 Å². The molecule has 2 aliphatic heterocycles. The molecule has 1 unspecified atom stereocenters. The Morgan fingerprint density at radius 3 is 2.46 bits per heavy atom. The first-order chi connectivity index (χ1) is 13.7. The van der Waals surface area contributed by atoms with E-state index in [9.17, 15) is 9.18 Å². The number of piperidine rings is 1. The number of hydrogen-bond donors (Lipinski definition) is 0. The van der Waals surface area contributed by atoms with Gasteiger partial charge in [-0.15, -0.1) is 0 Å². The lowest BCUT2D eigenvalue weighted by molar-refractivity contribution is -0.134. The summed E-state index contributed by atoms with van der Waals surface area (Å²) in [6, 6.07) is 10.8. The lowest BCUT2D eigenvalue weighted by atomic mass is 9.92. The molecule has 0 saturated carbocycles. The fourth-order valence-electron chi connectivity index (χ4n) is 4.17. The molecule has 2 aromatic rings. The van der Waals surface area contributed by atoms with Gasteiger partial charge in [-0.1, -0.05) is 18.2 Å². The second-order valence-electron chi connectivity index (χ2n) is 7.89. The van der Waals surface area contributed by atoms with Gasteiger partial charge in [0, 0.05) is 37.5 Å². The predicted octanol–water partition coefficient (Wildman–Crippen LogP) is 4.09.